The number of carbonyl (C=O) groups excluding carboxylic acids is 1. The number of nitrogens with one attached hydrogen (secondary N) is 1. The van der Waals surface area contributed by atoms with E-state index in [0.717, 1.165) is 0 Å². The van der Waals surface area contributed by atoms with Crippen LogP contribution in [0.5, 0.6) is 0 Å². The van der Waals surface area contributed by atoms with Crippen LogP contribution in [0.2, 0.25) is 0 Å². The van der Waals surface area contributed by atoms with Gasteiger partial charge < -0.3 is 5.32 Å². The first kappa shape index (κ1) is 15.3. The molecule has 0 radical (unpaired) electrons. The van der Waals surface area contributed by atoms with Crippen LogP contribution in [0.15, 0.2) is 22.8 Å². The predicted molar refractivity (Wildman–Crippen MR) is 72.1 cm³/mol. The van der Waals surface area contributed by atoms with E-state index in [1.165, 1.54) is 0 Å². The van der Waals surface area contributed by atoms with E-state index in [0.29, 0.717) is 23.3 Å². The molecule has 0 bridgehead atoms. The number of hydrogen-bond donors (Lipinski definition) is 1. The fraction of sp³-hybridized carbons (Fsp3) is 0.538. The second-order valence-corrected chi connectivity index (χ2v) is 5.75. The molecule has 110 valence electrons. The lowest BCUT2D eigenvalue weighted by Gasteiger charge is -2.29. The summed E-state index contributed by atoms with van der Waals surface area (Å²) in [5, 5.41) is 2.58. The Morgan fingerprint density at radius 3 is 2.75 bits per heavy atom. The Balaban J connectivity index is 1.99. The van der Waals surface area contributed by atoms with Crippen molar-refractivity contribution in [3.8, 4) is 0 Å². The van der Waals surface area contributed by atoms with Gasteiger partial charge in [0.1, 0.15) is 10.4 Å². The normalized spacial score (nSPS) is 23.4. The average Bonchev–Trinajstić information content (AvgIpc) is 2.38. The van der Waals surface area contributed by atoms with Gasteiger partial charge in [0.15, 0.2) is 0 Å². The minimum atomic E-state index is -4.22. The number of halogens is 4. The molecule has 3 nitrogen and oxygen atoms in total. The summed E-state index contributed by atoms with van der Waals surface area (Å²) < 4.78 is 38.7. The van der Waals surface area contributed by atoms with Gasteiger partial charge in [0.2, 0.25) is 5.91 Å². The van der Waals surface area contributed by atoms with E-state index >= 15 is 0 Å². The molecule has 0 aromatic carbocycles. The van der Waals surface area contributed by atoms with Crippen molar-refractivity contribution in [2.75, 3.05) is 5.32 Å². The lowest BCUT2D eigenvalue weighted by Crippen LogP contribution is -2.34. The third kappa shape index (κ3) is 3.94. The minimum absolute atomic E-state index is 0.114. The second-order valence-electron chi connectivity index (χ2n) is 4.94. The molecule has 2 atom stereocenters. The predicted octanol–water partition coefficient (Wildman–Crippen LogP) is 4.15. The van der Waals surface area contributed by atoms with E-state index < -0.39 is 18.0 Å². The minimum Gasteiger partial charge on any atom is -0.310 e. The number of amides is 1. The highest BCUT2D eigenvalue weighted by Gasteiger charge is 2.43. The maximum Gasteiger partial charge on any atom is 0.391 e. The molecule has 1 N–H and O–H groups in total. The Morgan fingerprint density at radius 2 is 2.10 bits per heavy atom. The molecule has 0 aliphatic heterocycles. The van der Waals surface area contributed by atoms with E-state index in [9.17, 15) is 18.0 Å². The van der Waals surface area contributed by atoms with E-state index in [1.54, 1.807) is 18.2 Å². The molecule has 7 heteroatoms. The highest BCUT2D eigenvalue weighted by Crippen LogP contribution is 2.40. The third-order valence-electron chi connectivity index (χ3n) is 3.47. The van der Waals surface area contributed by atoms with Gasteiger partial charge >= 0.3 is 6.18 Å². The van der Waals surface area contributed by atoms with Crippen molar-refractivity contribution in [2.45, 2.75) is 31.9 Å². The zero-order chi connectivity index (χ0) is 14.8. The van der Waals surface area contributed by atoms with E-state index in [1.807, 2.05) is 0 Å². The van der Waals surface area contributed by atoms with E-state index in [4.69, 9.17) is 0 Å². The molecule has 2 unspecified atom stereocenters. The highest BCUT2D eigenvalue weighted by atomic mass is 79.9. The second kappa shape index (κ2) is 6.11. The number of hydrogen-bond acceptors (Lipinski definition) is 2. The summed E-state index contributed by atoms with van der Waals surface area (Å²) in [5.74, 6) is -2.01. The number of aromatic nitrogens is 1. The Labute approximate surface area is 123 Å². The van der Waals surface area contributed by atoms with Gasteiger partial charge in [-0.2, -0.15) is 13.2 Å². The van der Waals surface area contributed by atoms with Crippen LogP contribution in [-0.4, -0.2) is 17.1 Å². The van der Waals surface area contributed by atoms with Gasteiger partial charge in [-0.15, -0.1) is 0 Å². The number of pyridine rings is 1. The SMILES string of the molecule is O=C(Nc1cccc(Br)n1)C1CCCC(C(F)(F)F)C1. The van der Waals surface area contributed by atoms with Gasteiger partial charge in [0.25, 0.3) is 0 Å². The molecule has 0 spiro atoms. The smallest absolute Gasteiger partial charge is 0.310 e. The first-order valence-electron chi connectivity index (χ1n) is 6.36. The molecular weight excluding hydrogens is 337 g/mol. The molecule has 1 aromatic rings. The van der Waals surface area contributed by atoms with Gasteiger partial charge in [0, 0.05) is 5.92 Å². The molecule has 1 saturated carbocycles. The maximum absolute atomic E-state index is 12.7. The third-order valence-corrected chi connectivity index (χ3v) is 3.92. The van der Waals surface area contributed by atoms with E-state index in [2.05, 4.69) is 26.2 Å². The van der Waals surface area contributed by atoms with Gasteiger partial charge in [0.05, 0.1) is 5.92 Å². The number of rotatable bonds is 2. The quantitative estimate of drug-likeness (QED) is 0.814. The van der Waals surface area contributed by atoms with Crippen LogP contribution in [0.3, 0.4) is 0 Å². The first-order valence-corrected chi connectivity index (χ1v) is 7.15. The standard InChI is InChI=1S/C13H14BrF3N2O/c14-10-5-2-6-11(18-10)19-12(20)8-3-1-4-9(7-8)13(15,16)17/h2,5-6,8-9H,1,3-4,7H2,(H,18,19,20). The molecule has 1 fully saturated rings. The van der Waals surface area contributed by atoms with Crippen LogP contribution in [0, 0.1) is 11.8 Å². The molecule has 2 rings (SSSR count). The zero-order valence-electron chi connectivity index (χ0n) is 10.6. The molecule has 1 aliphatic carbocycles. The molecular formula is C13H14BrF3N2O. The number of anilines is 1. The van der Waals surface area contributed by atoms with Crippen molar-refractivity contribution < 1.29 is 18.0 Å². The number of carbonyl (C=O) groups is 1. The van der Waals surface area contributed by atoms with Crippen LogP contribution in [0.25, 0.3) is 0 Å². The lowest BCUT2D eigenvalue weighted by molar-refractivity contribution is -0.185. The molecule has 1 heterocycles. The molecule has 1 aliphatic rings. The van der Waals surface area contributed by atoms with Gasteiger partial charge in [-0.1, -0.05) is 12.5 Å². The van der Waals surface area contributed by atoms with Crippen molar-refractivity contribution in [1.29, 1.82) is 0 Å². The van der Waals surface area contributed by atoms with Crippen molar-refractivity contribution >= 4 is 27.7 Å². The molecule has 1 aromatic heterocycles. The van der Waals surface area contributed by atoms with E-state index in [-0.39, 0.29) is 18.7 Å². The Kier molecular flexibility index (Phi) is 4.67. The lowest BCUT2D eigenvalue weighted by atomic mass is 9.80. The Bertz CT molecular complexity index is 493. The summed E-state index contributed by atoms with van der Waals surface area (Å²) >= 11 is 3.17. The van der Waals surface area contributed by atoms with Crippen molar-refractivity contribution in [3.05, 3.63) is 22.8 Å². The largest absolute Gasteiger partial charge is 0.391 e. The fourth-order valence-corrected chi connectivity index (χ4v) is 2.78. The molecule has 20 heavy (non-hydrogen) atoms. The maximum atomic E-state index is 12.7. The van der Waals surface area contributed by atoms with Crippen molar-refractivity contribution in [1.82, 2.24) is 4.98 Å². The average molecular weight is 351 g/mol. The van der Waals surface area contributed by atoms with Crippen LogP contribution >= 0.6 is 15.9 Å². The Hall–Kier alpha value is -1.11. The summed E-state index contributed by atoms with van der Waals surface area (Å²) in [6.45, 7) is 0. The Morgan fingerprint density at radius 1 is 1.35 bits per heavy atom. The topological polar surface area (TPSA) is 42.0 Å². The highest BCUT2D eigenvalue weighted by molar-refractivity contribution is 9.10. The summed E-state index contributed by atoms with van der Waals surface area (Å²) in [4.78, 5) is 16.1. The van der Waals surface area contributed by atoms with Crippen LogP contribution < -0.4 is 5.32 Å². The summed E-state index contributed by atoms with van der Waals surface area (Å²) in [7, 11) is 0. The number of alkyl halides is 3. The molecule has 1 amide bonds. The zero-order valence-corrected chi connectivity index (χ0v) is 12.2. The van der Waals surface area contributed by atoms with Crippen molar-refractivity contribution in [3.63, 3.8) is 0 Å². The van der Waals surface area contributed by atoms with Crippen LogP contribution in [-0.2, 0) is 4.79 Å². The van der Waals surface area contributed by atoms with Gasteiger partial charge in [-0.05, 0) is 47.3 Å². The summed E-state index contributed by atoms with van der Waals surface area (Å²) in [5.41, 5.74) is 0. The monoisotopic (exact) mass is 350 g/mol. The molecule has 0 saturated heterocycles. The van der Waals surface area contributed by atoms with Gasteiger partial charge in [-0.3, -0.25) is 4.79 Å². The van der Waals surface area contributed by atoms with Crippen molar-refractivity contribution in [2.24, 2.45) is 11.8 Å². The fourth-order valence-electron chi connectivity index (χ4n) is 2.43. The van der Waals surface area contributed by atoms with Crippen LogP contribution in [0.1, 0.15) is 25.7 Å². The number of nitrogens with zero attached hydrogens (tertiary/aromatic N) is 1. The van der Waals surface area contributed by atoms with Gasteiger partial charge in [-0.25, -0.2) is 4.98 Å². The van der Waals surface area contributed by atoms with Crippen LogP contribution in [0.4, 0.5) is 19.0 Å². The summed E-state index contributed by atoms with van der Waals surface area (Å²) in [6.07, 6.45) is -3.32. The first-order chi connectivity index (χ1) is 9.36. The summed E-state index contributed by atoms with van der Waals surface area (Å²) in [6, 6.07) is 5.01.